The second-order valence-electron chi connectivity index (χ2n) is 5.63. The van der Waals surface area contributed by atoms with Crippen molar-refractivity contribution in [2.45, 2.75) is 46.1 Å². The van der Waals surface area contributed by atoms with Crippen molar-refractivity contribution in [1.82, 2.24) is 20.4 Å². The molecule has 23 heavy (non-hydrogen) atoms. The van der Waals surface area contributed by atoms with Crippen molar-refractivity contribution < 1.29 is 9.32 Å². The van der Waals surface area contributed by atoms with Gasteiger partial charge in [0.1, 0.15) is 0 Å². The van der Waals surface area contributed by atoms with Gasteiger partial charge in [-0.15, -0.1) is 11.3 Å². The third-order valence-corrected chi connectivity index (χ3v) is 4.30. The Morgan fingerprint density at radius 1 is 1.48 bits per heavy atom. The van der Waals surface area contributed by atoms with Gasteiger partial charge in [-0.3, -0.25) is 0 Å². The topological polar surface area (TPSA) is 71.3 Å². The first-order valence-electron chi connectivity index (χ1n) is 7.97. The number of aromatic nitrogens is 2. The van der Waals surface area contributed by atoms with E-state index in [1.807, 2.05) is 38.3 Å². The Kier molecular flexibility index (Phi) is 6.58. The molecule has 126 valence electrons. The van der Waals surface area contributed by atoms with Crippen molar-refractivity contribution in [3.8, 4) is 0 Å². The molecule has 0 saturated heterocycles. The molecule has 0 aliphatic rings. The predicted molar refractivity (Wildman–Crippen MR) is 90.5 cm³/mol. The van der Waals surface area contributed by atoms with Crippen LogP contribution in [-0.4, -0.2) is 34.2 Å². The minimum absolute atomic E-state index is 0.0331. The molecule has 7 heteroatoms. The fourth-order valence-corrected chi connectivity index (χ4v) is 2.79. The first-order valence-corrected chi connectivity index (χ1v) is 8.85. The van der Waals surface area contributed by atoms with E-state index in [0.717, 1.165) is 12.2 Å². The summed E-state index contributed by atoms with van der Waals surface area (Å²) < 4.78 is 5.19. The van der Waals surface area contributed by atoms with Crippen LogP contribution in [0.3, 0.4) is 0 Å². The predicted octanol–water partition coefficient (Wildman–Crippen LogP) is 3.42. The average Bonchev–Trinajstić information content (AvgIpc) is 3.20. The van der Waals surface area contributed by atoms with Gasteiger partial charge in [0.2, 0.25) is 5.89 Å². The number of hydrogen-bond acceptors (Lipinski definition) is 5. The van der Waals surface area contributed by atoms with Gasteiger partial charge in [0.25, 0.3) is 0 Å². The highest BCUT2D eigenvalue weighted by molar-refractivity contribution is 7.09. The second kappa shape index (κ2) is 8.67. The second-order valence-corrected chi connectivity index (χ2v) is 6.66. The Balaban J connectivity index is 1.70. The van der Waals surface area contributed by atoms with E-state index < -0.39 is 0 Å². The first kappa shape index (κ1) is 17.5. The minimum Gasteiger partial charge on any atom is -0.339 e. The number of hydrogen-bond donors (Lipinski definition) is 1. The van der Waals surface area contributed by atoms with E-state index in [1.165, 1.54) is 4.88 Å². The fraction of sp³-hybridized carbons (Fsp3) is 0.562. The molecule has 0 aromatic carbocycles. The Hall–Kier alpha value is -1.89. The summed E-state index contributed by atoms with van der Waals surface area (Å²) >= 11 is 1.66. The van der Waals surface area contributed by atoms with Crippen LogP contribution in [0.2, 0.25) is 0 Å². The lowest BCUT2D eigenvalue weighted by Crippen LogP contribution is -2.39. The summed E-state index contributed by atoms with van der Waals surface area (Å²) in [6.45, 7) is 7.98. The number of aryl methyl sites for hydroxylation is 1. The van der Waals surface area contributed by atoms with E-state index in [9.17, 15) is 4.79 Å². The Labute approximate surface area is 140 Å². The summed E-state index contributed by atoms with van der Waals surface area (Å²) in [4.78, 5) is 19.5. The SMILES string of the molecule is CCN(Cc1cccs1)C(=O)NCCCc1nc(C(C)C)no1. The van der Waals surface area contributed by atoms with Crippen molar-refractivity contribution in [3.05, 3.63) is 34.1 Å². The molecule has 2 amide bonds. The maximum atomic E-state index is 12.2. The van der Waals surface area contributed by atoms with Crippen LogP contribution in [0.1, 0.15) is 49.7 Å². The highest BCUT2D eigenvalue weighted by Crippen LogP contribution is 2.12. The zero-order chi connectivity index (χ0) is 16.7. The lowest BCUT2D eigenvalue weighted by Gasteiger charge is -2.20. The molecule has 0 unspecified atom stereocenters. The maximum absolute atomic E-state index is 12.2. The number of carbonyl (C=O) groups is 1. The normalized spacial score (nSPS) is 11.0. The standard InChI is InChI=1S/C16H24N4O2S/c1-4-20(11-13-7-6-10-23-13)16(21)17-9-5-8-14-18-15(12(2)3)19-22-14/h6-7,10,12H,4-5,8-9,11H2,1-3H3,(H,17,21). The molecule has 2 heterocycles. The molecule has 0 aliphatic carbocycles. The van der Waals surface area contributed by atoms with Gasteiger partial charge < -0.3 is 14.7 Å². The zero-order valence-corrected chi connectivity index (χ0v) is 14.7. The molecule has 0 bridgehead atoms. The van der Waals surface area contributed by atoms with Gasteiger partial charge >= 0.3 is 6.03 Å². The molecule has 1 N–H and O–H groups in total. The number of rotatable bonds is 8. The van der Waals surface area contributed by atoms with Gasteiger partial charge in [-0.1, -0.05) is 25.1 Å². The monoisotopic (exact) mass is 336 g/mol. The lowest BCUT2D eigenvalue weighted by atomic mass is 10.2. The van der Waals surface area contributed by atoms with Crippen LogP contribution < -0.4 is 5.32 Å². The van der Waals surface area contributed by atoms with Crippen LogP contribution >= 0.6 is 11.3 Å². The largest absolute Gasteiger partial charge is 0.339 e. The molecule has 0 fully saturated rings. The van der Waals surface area contributed by atoms with Gasteiger partial charge in [0.05, 0.1) is 6.54 Å². The zero-order valence-electron chi connectivity index (χ0n) is 13.9. The highest BCUT2D eigenvalue weighted by Gasteiger charge is 2.13. The van der Waals surface area contributed by atoms with E-state index in [-0.39, 0.29) is 11.9 Å². The molecule has 2 aromatic heterocycles. The summed E-state index contributed by atoms with van der Waals surface area (Å²) in [5.74, 6) is 1.63. The van der Waals surface area contributed by atoms with Crippen LogP contribution in [0.5, 0.6) is 0 Å². The summed E-state index contributed by atoms with van der Waals surface area (Å²) in [5, 5.41) is 8.90. The van der Waals surface area contributed by atoms with E-state index in [4.69, 9.17) is 4.52 Å². The maximum Gasteiger partial charge on any atom is 0.317 e. The van der Waals surface area contributed by atoms with Crippen molar-refractivity contribution in [2.75, 3.05) is 13.1 Å². The molecule has 6 nitrogen and oxygen atoms in total. The first-order chi connectivity index (χ1) is 11.1. The van der Waals surface area contributed by atoms with Crippen LogP contribution in [0.25, 0.3) is 0 Å². The van der Waals surface area contributed by atoms with Crippen molar-refractivity contribution in [2.24, 2.45) is 0 Å². The number of nitrogens with zero attached hydrogens (tertiary/aromatic N) is 3. The molecule has 0 atom stereocenters. The van der Waals surface area contributed by atoms with Crippen LogP contribution in [0, 0.1) is 0 Å². The fourth-order valence-electron chi connectivity index (χ4n) is 2.07. The quantitative estimate of drug-likeness (QED) is 0.750. The molecule has 0 saturated carbocycles. The van der Waals surface area contributed by atoms with Crippen molar-refractivity contribution >= 4 is 17.4 Å². The molecular weight excluding hydrogens is 312 g/mol. The van der Waals surface area contributed by atoms with Crippen molar-refractivity contribution in [3.63, 3.8) is 0 Å². The summed E-state index contributed by atoms with van der Waals surface area (Å²) in [6.07, 6.45) is 1.46. The van der Waals surface area contributed by atoms with E-state index in [2.05, 4.69) is 15.5 Å². The number of thiophene rings is 1. The van der Waals surface area contributed by atoms with Crippen LogP contribution in [0.4, 0.5) is 4.79 Å². The molecule has 2 rings (SSSR count). The minimum atomic E-state index is -0.0331. The van der Waals surface area contributed by atoms with E-state index in [1.54, 1.807) is 16.2 Å². The smallest absolute Gasteiger partial charge is 0.317 e. The average molecular weight is 336 g/mol. The van der Waals surface area contributed by atoms with Gasteiger partial charge in [-0.2, -0.15) is 4.98 Å². The number of urea groups is 1. The summed E-state index contributed by atoms with van der Waals surface area (Å²) in [5.41, 5.74) is 0. The van der Waals surface area contributed by atoms with Gasteiger partial charge in [0.15, 0.2) is 5.82 Å². The molecule has 0 radical (unpaired) electrons. The number of nitrogens with one attached hydrogen (secondary N) is 1. The Morgan fingerprint density at radius 2 is 2.30 bits per heavy atom. The van der Waals surface area contributed by atoms with Gasteiger partial charge in [0, 0.05) is 30.3 Å². The van der Waals surface area contributed by atoms with Crippen molar-refractivity contribution in [1.29, 1.82) is 0 Å². The van der Waals surface area contributed by atoms with Crippen LogP contribution in [0.15, 0.2) is 22.0 Å². The summed E-state index contributed by atoms with van der Waals surface area (Å²) in [7, 11) is 0. The van der Waals surface area contributed by atoms with E-state index >= 15 is 0 Å². The van der Waals surface area contributed by atoms with Gasteiger partial charge in [-0.05, 0) is 24.8 Å². The third-order valence-electron chi connectivity index (χ3n) is 3.44. The van der Waals surface area contributed by atoms with Crippen LogP contribution in [-0.2, 0) is 13.0 Å². The van der Waals surface area contributed by atoms with Gasteiger partial charge in [-0.25, -0.2) is 4.79 Å². The number of amides is 2. The lowest BCUT2D eigenvalue weighted by molar-refractivity contribution is 0.198. The third kappa shape index (κ3) is 5.35. The van der Waals surface area contributed by atoms with E-state index in [0.29, 0.717) is 31.9 Å². The Bertz CT molecular complexity index is 595. The molecule has 2 aromatic rings. The highest BCUT2D eigenvalue weighted by atomic mass is 32.1. The Morgan fingerprint density at radius 3 is 2.91 bits per heavy atom. The molecular formula is C16H24N4O2S. The summed E-state index contributed by atoms with van der Waals surface area (Å²) in [6, 6.07) is 4.01. The molecule has 0 spiro atoms. The number of carbonyl (C=O) groups excluding carboxylic acids is 1. The molecule has 0 aliphatic heterocycles.